The third-order valence-corrected chi connectivity index (χ3v) is 11.5. The highest BCUT2D eigenvalue weighted by Crippen LogP contribution is 2.67. The molecule has 3 heterocycles. The second-order valence-corrected chi connectivity index (χ2v) is 16.4. The van der Waals surface area contributed by atoms with Gasteiger partial charge in [-0.2, -0.15) is 0 Å². The number of aryl methyl sites for hydroxylation is 1. The van der Waals surface area contributed by atoms with Gasteiger partial charge in [-0.25, -0.2) is 9.59 Å². The van der Waals surface area contributed by atoms with E-state index in [1.807, 2.05) is 19.1 Å². The number of nitrogens with zero attached hydrogens (tertiary/aromatic N) is 2. The van der Waals surface area contributed by atoms with Crippen LogP contribution in [0.2, 0.25) is 0 Å². The van der Waals surface area contributed by atoms with Crippen LogP contribution in [0.5, 0.6) is 0 Å². The van der Waals surface area contributed by atoms with Crippen LogP contribution in [-0.4, -0.2) is 80.2 Å². The Bertz CT molecular complexity index is 1470. The van der Waals surface area contributed by atoms with Gasteiger partial charge in [-0.05, 0) is 53.7 Å². The Balaban J connectivity index is 1.44. The molecule has 0 aromatic heterocycles. The molecule has 1 aromatic rings. The first-order valence-corrected chi connectivity index (χ1v) is 17.9. The number of amides is 4. The van der Waals surface area contributed by atoms with Crippen molar-refractivity contribution >= 4 is 31.6 Å². The summed E-state index contributed by atoms with van der Waals surface area (Å²) in [7, 11) is -4.81. The van der Waals surface area contributed by atoms with Crippen LogP contribution in [0.4, 0.5) is 9.59 Å². The predicted molar refractivity (Wildman–Crippen MR) is 172 cm³/mol. The van der Waals surface area contributed by atoms with Crippen LogP contribution in [0.25, 0.3) is 0 Å². The summed E-state index contributed by atoms with van der Waals surface area (Å²) in [4.78, 5) is 77.5. The van der Waals surface area contributed by atoms with E-state index in [2.05, 4.69) is 23.3 Å². The van der Waals surface area contributed by atoms with Crippen molar-refractivity contribution in [3.05, 3.63) is 47.5 Å². The van der Waals surface area contributed by atoms with E-state index in [4.69, 9.17) is 9.47 Å². The van der Waals surface area contributed by atoms with Crippen molar-refractivity contribution in [3.8, 4) is 0 Å². The number of hydrogen-bond acceptors (Lipinski definition) is 7. The van der Waals surface area contributed by atoms with Gasteiger partial charge in [0.25, 0.3) is 0 Å². The standard InChI is InChI=1S/C33H47N4O9P/c1-6-23-15-33(23,47(42,43)44)35-28(38)26-14-24-17-37(26)29(39)27(32(3,4)5)34-30(40)45-19-20(2)10-7-8-11-21-12-9-13-22-16-36(18-25(21)22)31(41)46-24/h6,9,12-13,20,23-24,26-27H,1,7-8,10-11,14-19H2,2-5H3,(H,34,40)(H,35,38)(H2,42,43,44)/t20-,23+,24-,26+,27-,33+/m1/s1. The molecule has 5 rings (SSSR count). The molecule has 13 nitrogen and oxygen atoms in total. The maximum Gasteiger partial charge on any atom is 0.410 e. The summed E-state index contributed by atoms with van der Waals surface area (Å²) in [6, 6.07) is 3.72. The van der Waals surface area contributed by atoms with E-state index in [1.54, 1.807) is 25.7 Å². The van der Waals surface area contributed by atoms with Crippen molar-refractivity contribution in [1.82, 2.24) is 20.4 Å². The average Bonchev–Trinajstić information content (AvgIpc) is 3.31. The first-order chi connectivity index (χ1) is 22.0. The van der Waals surface area contributed by atoms with Crippen molar-refractivity contribution in [2.45, 2.75) is 103 Å². The fraction of sp³-hybridized carbons (Fsp3) is 0.636. The molecule has 0 spiro atoms. The Morgan fingerprint density at radius 3 is 2.55 bits per heavy atom. The molecule has 1 aliphatic carbocycles. The van der Waals surface area contributed by atoms with E-state index >= 15 is 0 Å². The quantitative estimate of drug-likeness (QED) is 0.274. The van der Waals surface area contributed by atoms with Crippen molar-refractivity contribution < 1.29 is 43.0 Å². The van der Waals surface area contributed by atoms with E-state index in [-0.39, 0.29) is 31.9 Å². The molecule has 4 N–H and O–H groups in total. The first-order valence-electron chi connectivity index (χ1n) is 16.3. The lowest BCUT2D eigenvalue weighted by atomic mass is 9.85. The Hall–Kier alpha value is -3.41. The maximum absolute atomic E-state index is 14.2. The fourth-order valence-electron chi connectivity index (χ4n) is 6.93. The summed E-state index contributed by atoms with van der Waals surface area (Å²) in [6.45, 7) is 11.7. The van der Waals surface area contributed by atoms with Crippen LogP contribution in [0, 0.1) is 17.3 Å². The summed E-state index contributed by atoms with van der Waals surface area (Å²) in [5.74, 6) is -1.94. The van der Waals surface area contributed by atoms with Gasteiger partial charge in [0, 0.05) is 25.4 Å². The molecule has 14 heteroatoms. The maximum atomic E-state index is 14.2. The molecule has 4 amide bonds. The Morgan fingerprint density at radius 1 is 1.17 bits per heavy atom. The zero-order valence-electron chi connectivity index (χ0n) is 27.6. The smallest absolute Gasteiger partial charge is 0.410 e. The third kappa shape index (κ3) is 7.37. The lowest BCUT2D eigenvalue weighted by molar-refractivity contribution is -0.142. The first kappa shape index (κ1) is 34.9. The number of benzene rings is 1. The van der Waals surface area contributed by atoms with Gasteiger partial charge in [0.05, 0.1) is 13.2 Å². The summed E-state index contributed by atoms with van der Waals surface area (Å²) in [5.41, 5.74) is 2.51. The monoisotopic (exact) mass is 674 g/mol. The number of rotatable bonds is 4. The largest absolute Gasteiger partial charge is 0.449 e. The minimum Gasteiger partial charge on any atom is -0.449 e. The number of ether oxygens (including phenoxy) is 2. The van der Waals surface area contributed by atoms with E-state index in [0.717, 1.165) is 36.8 Å². The van der Waals surface area contributed by atoms with Crippen molar-refractivity contribution in [1.29, 1.82) is 0 Å². The predicted octanol–water partition coefficient (Wildman–Crippen LogP) is 3.81. The molecule has 258 valence electrons. The van der Waals surface area contributed by atoms with Gasteiger partial charge in [-0.15, -0.1) is 6.58 Å². The molecule has 4 aliphatic rings. The second-order valence-electron chi connectivity index (χ2n) is 14.6. The van der Waals surface area contributed by atoms with Crippen LogP contribution in [0.15, 0.2) is 30.9 Å². The van der Waals surface area contributed by atoms with E-state index in [1.165, 1.54) is 16.5 Å². The average molecular weight is 675 g/mol. The topological polar surface area (TPSA) is 175 Å². The normalized spacial score (nSPS) is 30.6. The number of carbonyl (C=O) groups is 4. The van der Waals surface area contributed by atoms with E-state index < -0.39 is 66.4 Å². The van der Waals surface area contributed by atoms with Gasteiger partial charge < -0.3 is 34.8 Å². The van der Waals surface area contributed by atoms with Crippen LogP contribution >= 0.6 is 7.60 Å². The van der Waals surface area contributed by atoms with Crippen molar-refractivity contribution in [2.24, 2.45) is 17.3 Å². The van der Waals surface area contributed by atoms with E-state index in [9.17, 15) is 33.5 Å². The number of nitrogens with one attached hydrogen (secondary N) is 2. The molecule has 1 saturated carbocycles. The third-order valence-electron chi connectivity index (χ3n) is 9.85. The van der Waals surface area contributed by atoms with Crippen LogP contribution < -0.4 is 10.6 Å². The molecular weight excluding hydrogens is 627 g/mol. The molecule has 1 aromatic carbocycles. The number of alkyl carbamates (subject to hydrolysis) is 1. The molecule has 3 aliphatic heterocycles. The summed E-state index contributed by atoms with van der Waals surface area (Å²) in [5, 5.41) is 3.39. The molecule has 47 heavy (non-hydrogen) atoms. The number of fused-ring (bicyclic) bond motifs is 3. The zero-order valence-corrected chi connectivity index (χ0v) is 28.5. The van der Waals surface area contributed by atoms with Gasteiger partial charge >= 0.3 is 19.8 Å². The molecular formula is C33H47N4O9P. The zero-order chi connectivity index (χ0) is 34.3. The van der Waals surface area contributed by atoms with Gasteiger partial charge in [-0.3, -0.25) is 19.1 Å². The molecule has 6 atom stereocenters. The van der Waals surface area contributed by atoms with Gasteiger partial charge in [0.15, 0.2) is 0 Å². The fourth-order valence-corrected chi connectivity index (χ4v) is 8.16. The molecule has 1 saturated heterocycles. The molecule has 0 unspecified atom stereocenters. The Morgan fingerprint density at radius 2 is 1.89 bits per heavy atom. The highest BCUT2D eigenvalue weighted by molar-refractivity contribution is 7.54. The summed E-state index contributed by atoms with van der Waals surface area (Å²) < 4.78 is 23.9. The number of carbonyl (C=O) groups excluding carboxylic acids is 4. The Labute approximate surface area is 275 Å². The number of cyclic esters (lactones) is 1. The van der Waals surface area contributed by atoms with Crippen molar-refractivity contribution in [2.75, 3.05) is 13.2 Å². The van der Waals surface area contributed by atoms with Crippen LogP contribution in [0.3, 0.4) is 0 Å². The lowest BCUT2D eigenvalue weighted by Gasteiger charge is -2.35. The minimum atomic E-state index is -4.81. The highest BCUT2D eigenvalue weighted by Gasteiger charge is 2.66. The summed E-state index contributed by atoms with van der Waals surface area (Å²) >= 11 is 0. The van der Waals surface area contributed by atoms with E-state index in [0.29, 0.717) is 13.1 Å². The van der Waals surface area contributed by atoms with Gasteiger partial charge in [-0.1, -0.05) is 58.4 Å². The van der Waals surface area contributed by atoms with Crippen LogP contribution in [0.1, 0.15) is 76.5 Å². The van der Waals surface area contributed by atoms with Crippen molar-refractivity contribution in [3.63, 3.8) is 0 Å². The van der Waals surface area contributed by atoms with Gasteiger partial charge in [0.2, 0.25) is 11.8 Å². The lowest BCUT2D eigenvalue weighted by Crippen LogP contribution is -2.58. The van der Waals surface area contributed by atoms with Gasteiger partial charge in [0.1, 0.15) is 23.5 Å². The number of hydrogen-bond donors (Lipinski definition) is 4. The molecule has 4 bridgehead atoms. The van der Waals surface area contributed by atoms with Crippen LogP contribution in [-0.2, 0) is 43.1 Å². The Kier molecular flexibility index (Phi) is 9.84. The minimum absolute atomic E-state index is 0.000455. The summed E-state index contributed by atoms with van der Waals surface area (Å²) in [6.07, 6.45) is 2.63. The highest BCUT2D eigenvalue weighted by atomic mass is 31.2. The molecule has 2 fully saturated rings. The second kappa shape index (κ2) is 13.2. The SMILES string of the molecule is C=C[C@H]1C[C@]1(NC(=O)[C@@H]1C[C@@H]2CN1C(=O)[C@H](C(C)(C)C)NC(=O)OC[C@H](C)CCCCc1cccc3c1CN(C3)C(=O)O2)P(=O)(O)O. The molecule has 0 radical (unpaired) electrons.